The largest absolute Gasteiger partial charge is 0.359 e. The monoisotopic (exact) mass is 255 g/mol. The molecule has 1 N–H and O–H groups in total. The van der Waals surface area contributed by atoms with Crippen LogP contribution in [-0.4, -0.2) is 0 Å². The highest BCUT2D eigenvalue weighted by atomic mass is 14.9. The third-order valence-corrected chi connectivity index (χ3v) is 3.22. The molecule has 1 rings (SSSR count). The van der Waals surface area contributed by atoms with Crippen molar-refractivity contribution in [3.8, 4) is 0 Å². The molecule has 1 nitrogen and oxygen atoms in total. The van der Waals surface area contributed by atoms with Crippen LogP contribution in [0.5, 0.6) is 0 Å². The summed E-state index contributed by atoms with van der Waals surface area (Å²) < 4.78 is 0. The topological polar surface area (TPSA) is 12.0 Å². The smallest absolute Gasteiger partial charge is 0.0382 e. The quantitative estimate of drug-likeness (QED) is 0.688. The molecule has 0 aliphatic rings. The summed E-state index contributed by atoms with van der Waals surface area (Å²) in [4.78, 5) is 0. The minimum absolute atomic E-state index is 0.954. The maximum Gasteiger partial charge on any atom is 0.0382 e. The number of allylic oxidation sites excluding steroid dienone is 4. The lowest BCUT2D eigenvalue weighted by atomic mass is 10.1. The van der Waals surface area contributed by atoms with Crippen molar-refractivity contribution in [1.82, 2.24) is 5.32 Å². The minimum atomic E-state index is 0.954. The fourth-order valence-corrected chi connectivity index (χ4v) is 1.63. The Hall–Kier alpha value is -1.76. The van der Waals surface area contributed by atoms with E-state index in [1.807, 2.05) is 0 Å². The molecule has 0 fully saturated rings. The summed E-state index contributed by atoms with van der Waals surface area (Å²) in [6.07, 6.45) is 6.39. The highest BCUT2D eigenvalue weighted by Crippen LogP contribution is 2.13. The molecule has 0 atom stereocenters. The predicted molar refractivity (Wildman–Crippen MR) is 85.8 cm³/mol. The second-order valence-electron chi connectivity index (χ2n) is 4.88. The van der Waals surface area contributed by atoms with Crippen molar-refractivity contribution >= 4 is 5.70 Å². The lowest BCUT2D eigenvalue weighted by molar-refractivity contribution is 0.958. The lowest BCUT2D eigenvalue weighted by Gasteiger charge is -2.12. The molecule has 1 heteroatoms. The number of hydrogen-bond donors (Lipinski definition) is 1. The Kier molecular flexibility index (Phi) is 6.14. The second-order valence-corrected chi connectivity index (χ2v) is 4.88. The zero-order valence-corrected chi connectivity index (χ0v) is 12.6. The molecule has 19 heavy (non-hydrogen) atoms. The summed E-state index contributed by atoms with van der Waals surface area (Å²) in [5.74, 6) is 0. The molecular formula is C18H25N. The molecule has 0 amide bonds. The summed E-state index contributed by atoms with van der Waals surface area (Å²) in [5.41, 5.74) is 5.94. The van der Waals surface area contributed by atoms with Crippen molar-refractivity contribution in [2.45, 2.75) is 40.5 Å². The first kappa shape index (κ1) is 15.3. The van der Waals surface area contributed by atoms with Crippen molar-refractivity contribution in [1.29, 1.82) is 0 Å². The van der Waals surface area contributed by atoms with Gasteiger partial charge >= 0.3 is 0 Å². The Morgan fingerprint density at radius 1 is 1.11 bits per heavy atom. The number of aryl methyl sites for hydroxylation is 1. The van der Waals surface area contributed by atoms with Gasteiger partial charge in [0.2, 0.25) is 0 Å². The van der Waals surface area contributed by atoms with E-state index in [1.54, 1.807) is 0 Å². The highest BCUT2D eigenvalue weighted by molar-refractivity contribution is 5.63. The summed E-state index contributed by atoms with van der Waals surface area (Å²) in [6, 6.07) is 8.42. The van der Waals surface area contributed by atoms with Gasteiger partial charge in [-0.2, -0.15) is 0 Å². The molecule has 102 valence electrons. The first-order chi connectivity index (χ1) is 9.06. The van der Waals surface area contributed by atoms with Crippen molar-refractivity contribution in [3.63, 3.8) is 0 Å². The van der Waals surface area contributed by atoms with Crippen molar-refractivity contribution in [2.24, 2.45) is 0 Å². The van der Waals surface area contributed by atoms with E-state index in [0.717, 1.165) is 24.1 Å². The summed E-state index contributed by atoms with van der Waals surface area (Å²) in [7, 11) is 0. The summed E-state index contributed by atoms with van der Waals surface area (Å²) in [5, 5.41) is 3.40. The van der Waals surface area contributed by atoms with Crippen LogP contribution in [0.25, 0.3) is 5.70 Å². The average molecular weight is 255 g/mol. The second kappa shape index (κ2) is 7.63. The molecular weight excluding hydrogens is 230 g/mol. The SMILES string of the molecule is C=C(N/C(=C/C=C(\C)CC)CC)c1ccc(C)cc1. The van der Waals surface area contributed by atoms with Gasteiger partial charge < -0.3 is 5.32 Å². The van der Waals surface area contributed by atoms with Crippen LogP contribution in [-0.2, 0) is 0 Å². The van der Waals surface area contributed by atoms with Crippen LogP contribution in [0.15, 0.2) is 54.3 Å². The first-order valence-corrected chi connectivity index (χ1v) is 6.96. The van der Waals surface area contributed by atoms with Crippen LogP contribution < -0.4 is 5.32 Å². The van der Waals surface area contributed by atoms with E-state index >= 15 is 0 Å². The number of nitrogens with one attached hydrogen (secondary N) is 1. The molecule has 0 spiro atoms. The molecule has 1 aromatic carbocycles. The van der Waals surface area contributed by atoms with Gasteiger partial charge in [-0.25, -0.2) is 0 Å². The Morgan fingerprint density at radius 2 is 1.74 bits per heavy atom. The Labute approximate surface area is 117 Å². The lowest BCUT2D eigenvalue weighted by Crippen LogP contribution is -2.10. The van der Waals surface area contributed by atoms with Gasteiger partial charge in [0.25, 0.3) is 0 Å². The van der Waals surface area contributed by atoms with E-state index in [9.17, 15) is 0 Å². The van der Waals surface area contributed by atoms with Crippen molar-refractivity contribution in [3.05, 3.63) is 65.4 Å². The minimum Gasteiger partial charge on any atom is -0.359 e. The molecule has 0 saturated carbocycles. The first-order valence-electron chi connectivity index (χ1n) is 6.96. The third-order valence-electron chi connectivity index (χ3n) is 3.22. The number of rotatable bonds is 6. The van der Waals surface area contributed by atoms with Gasteiger partial charge in [-0.05, 0) is 38.3 Å². The molecule has 0 bridgehead atoms. The van der Waals surface area contributed by atoms with Crippen molar-refractivity contribution in [2.75, 3.05) is 0 Å². The summed E-state index contributed by atoms with van der Waals surface area (Å²) in [6.45, 7) is 12.7. The van der Waals surface area contributed by atoms with Gasteiger partial charge in [-0.1, -0.05) is 61.9 Å². The fraction of sp³-hybridized carbons (Fsp3) is 0.333. The molecule has 0 aliphatic carbocycles. The van der Waals surface area contributed by atoms with Crippen LogP contribution in [0.3, 0.4) is 0 Å². The fourth-order valence-electron chi connectivity index (χ4n) is 1.63. The van der Waals surface area contributed by atoms with Gasteiger partial charge in [-0.15, -0.1) is 0 Å². The normalized spacial score (nSPS) is 12.4. The van der Waals surface area contributed by atoms with E-state index < -0.39 is 0 Å². The van der Waals surface area contributed by atoms with E-state index in [0.29, 0.717) is 0 Å². The van der Waals surface area contributed by atoms with Crippen molar-refractivity contribution < 1.29 is 0 Å². The van der Waals surface area contributed by atoms with E-state index in [4.69, 9.17) is 0 Å². The van der Waals surface area contributed by atoms with E-state index in [2.05, 4.69) is 76.0 Å². The maximum absolute atomic E-state index is 4.12. The van der Waals surface area contributed by atoms with Crippen LogP contribution in [0.4, 0.5) is 0 Å². The third kappa shape index (κ3) is 5.17. The molecule has 0 heterocycles. The molecule has 0 aliphatic heterocycles. The standard InChI is InChI=1S/C18H25N/c1-6-14(3)10-13-18(7-2)19-16(5)17-11-8-15(4)9-12-17/h8-13,19H,5-7H2,1-4H3/b14-10+,18-13+. The Balaban J connectivity index is 2.76. The van der Waals surface area contributed by atoms with Crippen LogP contribution in [0.2, 0.25) is 0 Å². The van der Waals surface area contributed by atoms with Crippen LogP contribution >= 0.6 is 0 Å². The van der Waals surface area contributed by atoms with Crippen LogP contribution in [0.1, 0.15) is 44.7 Å². The number of benzene rings is 1. The molecule has 1 aromatic rings. The highest BCUT2D eigenvalue weighted by Gasteiger charge is 2.00. The molecule has 0 unspecified atom stereocenters. The van der Waals surface area contributed by atoms with Crippen LogP contribution in [0, 0.1) is 6.92 Å². The van der Waals surface area contributed by atoms with Gasteiger partial charge in [0.05, 0.1) is 0 Å². The number of hydrogen-bond acceptors (Lipinski definition) is 1. The van der Waals surface area contributed by atoms with Gasteiger partial charge in [0.15, 0.2) is 0 Å². The van der Waals surface area contributed by atoms with Gasteiger partial charge in [0, 0.05) is 11.4 Å². The molecule has 0 radical (unpaired) electrons. The Morgan fingerprint density at radius 3 is 2.26 bits per heavy atom. The van der Waals surface area contributed by atoms with Gasteiger partial charge in [-0.3, -0.25) is 0 Å². The summed E-state index contributed by atoms with van der Waals surface area (Å²) >= 11 is 0. The average Bonchev–Trinajstić information content (AvgIpc) is 2.43. The predicted octanol–water partition coefficient (Wildman–Crippen LogP) is 5.21. The zero-order valence-electron chi connectivity index (χ0n) is 12.6. The Bertz CT molecular complexity index is 475. The van der Waals surface area contributed by atoms with E-state index in [-0.39, 0.29) is 0 Å². The molecule has 0 saturated heterocycles. The molecule has 0 aromatic heterocycles. The zero-order chi connectivity index (χ0) is 14.3. The van der Waals surface area contributed by atoms with E-state index in [1.165, 1.54) is 16.8 Å². The van der Waals surface area contributed by atoms with Gasteiger partial charge in [0.1, 0.15) is 0 Å². The maximum atomic E-state index is 4.12.